The van der Waals surface area contributed by atoms with E-state index < -0.39 is 38.4 Å². The van der Waals surface area contributed by atoms with Gasteiger partial charge in [0.25, 0.3) is 15.9 Å². The van der Waals surface area contributed by atoms with Crippen LogP contribution >= 0.6 is 0 Å². The summed E-state index contributed by atoms with van der Waals surface area (Å²) in [4.78, 5) is 20.3. The molecule has 2 N–H and O–H groups in total. The fourth-order valence-corrected chi connectivity index (χ4v) is 3.49. The molecule has 0 aliphatic carbocycles. The van der Waals surface area contributed by atoms with E-state index in [-0.39, 0.29) is 31.5 Å². The van der Waals surface area contributed by atoms with E-state index in [0.29, 0.717) is 0 Å². The van der Waals surface area contributed by atoms with Gasteiger partial charge in [-0.05, 0) is 25.1 Å². The van der Waals surface area contributed by atoms with Crippen LogP contribution in [0.1, 0.15) is 23.0 Å². The summed E-state index contributed by atoms with van der Waals surface area (Å²) in [6.07, 6.45) is -3.13. The molecule has 0 radical (unpaired) electrons. The van der Waals surface area contributed by atoms with Gasteiger partial charge >= 0.3 is 6.18 Å². The molecule has 0 saturated carbocycles. The van der Waals surface area contributed by atoms with Gasteiger partial charge in [-0.2, -0.15) is 13.2 Å². The van der Waals surface area contributed by atoms with Gasteiger partial charge in [-0.3, -0.25) is 9.78 Å². The molecular weight excluding hydrogens is 427 g/mol. The number of primary sulfonamides is 1. The number of pyridine rings is 2. The topological polar surface area (TPSA) is 119 Å². The molecule has 1 amide bonds. The van der Waals surface area contributed by atoms with Crippen molar-refractivity contribution in [1.29, 1.82) is 0 Å². The summed E-state index contributed by atoms with van der Waals surface area (Å²) in [5.41, 5.74) is -2.04. The van der Waals surface area contributed by atoms with Crippen molar-refractivity contribution in [1.82, 2.24) is 15.0 Å². The number of morpholine rings is 1. The fourth-order valence-electron chi connectivity index (χ4n) is 2.99. The minimum Gasteiger partial charge on any atom is -0.376 e. The zero-order chi connectivity index (χ0) is 22.1. The third kappa shape index (κ3) is 4.75. The standard InChI is InChI=1S/C17H18F3N5O4S/c1-11-10-24(7-8-29-11)25(12-4-6-22-14(9-12)30(21,27)28)16(26)13-3-2-5-23-15(13)17(18,19)20/h2-6,9,11H,7-8,10H2,1H3,(H2,21,27,28)/t11-/m0/s1. The number of rotatable bonds is 4. The number of nitrogens with zero attached hydrogens (tertiary/aromatic N) is 4. The number of ether oxygens (including phenoxy) is 1. The Kier molecular flexibility index (Phi) is 6.08. The van der Waals surface area contributed by atoms with Gasteiger partial charge in [0.1, 0.15) is 0 Å². The first-order chi connectivity index (χ1) is 14.0. The normalized spacial score (nSPS) is 18.2. The lowest BCUT2D eigenvalue weighted by molar-refractivity contribution is -0.141. The van der Waals surface area contributed by atoms with Crippen molar-refractivity contribution >= 4 is 21.6 Å². The molecule has 0 aromatic carbocycles. The Morgan fingerprint density at radius 1 is 1.30 bits per heavy atom. The third-order valence-electron chi connectivity index (χ3n) is 4.26. The predicted molar refractivity (Wildman–Crippen MR) is 98.6 cm³/mol. The van der Waals surface area contributed by atoms with Crippen molar-refractivity contribution in [3.8, 4) is 0 Å². The number of anilines is 1. The number of sulfonamides is 1. The number of aromatic nitrogens is 2. The minimum absolute atomic E-state index is 0.00916. The van der Waals surface area contributed by atoms with Gasteiger partial charge in [-0.15, -0.1) is 0 Å². The van der Waals surface area contributed by atoms with E-state index in [1.807, 2.05) is 0 Å². The van der Waals surface area contributed by atoms with Crippen LogP contribution in [0.5, 0.6) is 0 Å². The van der Waals surface area contributed by atoms with Crippen molar-refractivity contribution in [3.05, 3.63) is 47.9 Å². The second-order valence-electron chi connectivity index (χ2n) is 6.51. The third-order valence-corrected chi connectivity index (χ3v) is 5.06. The van der Waals surface area contributed by atoms with E-state index in [9.17, 15) is 26.4 Å². The van der Waals surface area contributed by atoms with Gasteiger partial charge in [0.2, 0.25) is 0 Å². The molecule has 9 nitrogen and oxygen atoms in total. The Hall–Kier alpha value is -2.61. The lowest BCUT2D eigenvalue weighted by atomic mass is 10.1. The Morgan fingerprint density at radius 3 is 2.67 bits per heavy atom. The Morgan fingerprint density at radius 2 is 2.03 bits per heavy atom. The number of hydrazine groups is 1. The van der Waals surface area contributed by atoms with Gasteiger partial charge in [0, 0.05) is 31.5 Å². The SMILES string of the molecule is C[C@H]1CN(N(C(=O)c2cccnc2C(F)(F)F)c2ccnc(S(N)(=O)=O)c2)CCO1. The quantitative estimate of drug-likeness (QED) is 0.756. The zero-order valence-corrected chi connectivity index (χ0v) is 16.5. The number of hydrogen-bond donors (Lipinski definition) is 1. The van der Waals surface area contributed by atoms with E-state index in [1.54, 1.807) is 6.92 Å². The first-order valence-electron chi connectivity index (χ1n) is 8.70. The van der Waals surface area contributed by atoms with E-state index in [0.717, 1.165) is 29.5 Å². The smallest absolute Gasteiger partial charge is 0.376 e. The summed E-state index contributed by atoms with van der Waals surface area (Å²) in [5.74, 6) is -1.03. The number of alkyl halides is 3. The molecule has 3 heterocycles. The van der Waals surface area contributed by atoms with Crippen LogP contribution in [0.4, 0.5) is 18.9 Å². The molecule has 2 aromatic rings. The van der Waals surface area contributed by atoms with Crippen molar-refractivity contribution in [3.63, 3.8) is 0 Å². The molecule has 0 unspecified atom stereocenters. The number of halogens is 3. The van der Waals surface area contributed by atoms with Crippen molar-refractivity contribution < 1.29 is 31.1 Å². The maximum absolute atomic E-state index is 13.4. The van der Waals surface area contributed by atoms with Gasteiger partial charge in [0.15, 0.2) is 10.7 Å². The largest absolute Gasteiger partial charge is 0.434 e. The van der Waals surface area contributed by atoms with Gasteiger partial charge in [-0.1, -0.05) is 0 Å². The second-order valence-corrected chi connectivity index (χ2v) is 8.01. The van der Waals surface area contributed by atoms with Crippen LogP contribution in [0.3, 0.4) is 0 Å². The average Bonchev–Trinajstić information content (AvgIpc) is 2.67. The number of carbonyl (C=O) groups is 1. The molecule has 1 fully saturated rings. The second kappa shape index (κ2) is 8.26. The molecule has 0 spiro atoms. The van der Waals surface area contributed by atoms with Crippen LogP contribution in [0, 0.1) is 0 Å². The predicted octanol–water partition coefficient (Wildman–Crippen LogP) is 1.43. The van der Waals surface area contributed by atoms with Gasteiger partial charge < -0.3 is 4.74 Å². The summed E-state index contributed by atoms with van der Waals surface area (Å²) in [7, 11) is -4.21. The molecule has 162 valence electrons. The molecule has 0 bridgehead atoms. The Labute approximate surface area is 170 Å². The molecular formula is C17H18F3N5O4S. The van der Waals surface area contributed by atoms with Crippen molar-refractivity contribution in [2.24, 2.45) is 5.14 Å². The maximum Gasteiger partial charge on any atom is 0.434 e. The van der Waals surface area contributed by atoms with E-state index in [1.165, 1.54) is 17.1 Å². The van der Waals surface area contributed by atoms with Crippen LogP contribution in [0.25, 0.3) is 0 Å². The minimum atomic E-state index is -4.86. The molecule has 1 aliphatic rings. The molecule has 13 heteroatoms. The Balaban J connectivity index is 2.13. The lowest BCUT2D eigenvalue weighted by Gasteiger charge is -2.39. The highest BCUT2D eigenvalue weighted by atomic mass is 32.2. The summed E-state index contributed by atoms with van der Waals surface area (Å²) in [5, 5.41) is 7.03. The van der Waals surface area contributed by atoms with E-state index in [2.05, 4.69) is 9.97 Å². The molecule has 1 saturated heterocycles. The highest BCUT2D eigenvalue weighted by Gasteiger charge is 2.39. The van der Waals surface area contributed by atoms with Crippen LogP contribution < -0.4 is 10.1 Å². The average molecular weight is 445 g/mol. The van der Waals surface area contributed by atoms with E-state index in [4.69, 9.17) is 9.88 Å². The fraction of sp³-hybridized carbons (Fsp3) is 0.353. The highest BCUT2D eigenvalue weighted by molar-refractivity contribution is 7.89. The molecule has 30 heavy (non-hydrogen) atoms. The van der Waals surface area contributed by atoms with Crippen molar-refractivity contribution in [2.45, 2.75) is 24.2 Å². The number of amides is 1. The number of hydrogen-bond acceptors (Lipinski definition) is 7. The first kappa shape index (κ1) is 22.1. The zero-order valence-electron chi connectivity index (χ0n) is 15.7. The molecule has 1 atom stereocenters. The first-order valence-corrected chi connectivity index (χ1v) is 10.2. The highest BCUT2D eigenvalue weighted by Crippen LogP contribution is 2.32. The van der Waals surface area contributed by atoms with Gasteiger partial charge in [0.05, 0.1) is 24.0 Å². The maximum atomic E-state index is 13.4. The van der Waals surface area contributed by atoms with Crippen LogP contribution in [-0.4, -0.2) is 55.1 Å². The summed E-state index contributed by atoms with van der Waals surface area (Å²) < 4.78 is 69.1. The monoisotopic (exact) mass is 445 g/mol. The summed E-state index contributed by atoms with van der Waals surface area (Å²) in [6, 6.07) is 4.55. The van der Waals surface area contributed by atoms with Crippen LogP contribution in [-0.2, 0) is 20.9 Å². The molecule has 1 aliphatic heterocycles. The molecule has 2 aromatic heterocycles. The summed E-state index contributed by atoms with van der Waals surface area (Å²) in [6.45, 7) is 2.32. The summed E-state index contributed by atoms with van der Waals surface area (Å²) >= 11 is 0. The molecule has 3 rings (SSSR count). The number of carbonyl (C=O) groups excluding carboxylic acids is 1. The van der Waals surface area contributed by atoms with Crippen molar-refractivity contribution in [2.75, 3.05) is 24.7 Å². The van der Waals surface area contributed by atoms with E-state index >= 15 is 0 Å². The number of nitrogens with two attached hydrogens (primary N) is 1. The van der Waals surface area contributed by atoms with Crippen LogP contribution in [0.2, 0.25) is 0 Å². The Bertz CT molecular complexity index is 1050. The lowest BCUT2D eigenvalue weighted by Crippen LogP contribution is -2.54. The van der Waals surface area contributed by atoms with Crippen LogP contribution in [0.15, 0.2) is 41.7 Å². The van der Waals surface area contributed by atoms with Gasteiger partial charge in [-0.25, -0.2) is 28.6 Å².